The van der Waals surface area contributed by atoms with Gasteiger partial charge in [0.05, 0.1) is 6.04 Å². The number of carboxylic acid groups (broad SMARTS) is 4. The summed E-state index contributed by atoms with van der Waals surface area (Å²) in [6.45, 7) is 3.29. The number of carbonyl (C=O) groups is 7. The maximum Gasteiger partial charge on any atom is 0.326 e. The van der Waals surface area contributed by atoms with Crippen molar-refractivity contribution in [2.75, 3.05) is 0 Å². The molecule has 4 atom stereocenters. The minimum Gasteiger partial charge on any atom is -0.481 e. The highest BCUT2D eigenvalue weighted by Crippen LogP contribution is 2.07. The van der Waals surface area contributed by atoms with Crippen LogP contribution in [-0.4, -0.2) is 86.2 Å². The first-order valence-electron chi connectivity index (χ1n) is 10.7. The van der Waals surface area contributed by atoms with E-state index < -0.39 is 97.9 Å². The van der Waals surface area contributed by atoms with E-state index in [1.165, 1.54) is 0 Å². The second kappa shape index (κ2) is 15.2. The van der Waals surface area contributed by atoms with E-state index in [2.05, 4.69) is 16.0 Å². The van der Waals surface area contributed by atoms with Crippen LogP contribution in [0.25, 0.3) is 0 Å². The van der Waals surface area contributed by atoms with E-state index in [-0.39, 0.29) is 12.3 Å². The first kappa shape index (κ1) is 31.2. The molecule has 0 saturated carbocycles. The van der Waals surface area contributed by atoms with Crippen LogP contribution < -0.4 is 21.7 Å². The van der Waals surface area contributed by atoms with Gasteiger partial charge >= 0.3 is 23.9 Å². The number of hydrogen-bond donors (Lipinski definition) is 8. The third kappa shape index (κ3) is 12.9. The molecular formula is C20H32N4O11. The van der Waals surface area contributed by atoms with Gasteiger partial charge in [-0.25, -0.2) is 4.79 Å². The van der Waals surface area contributed by atoms with Crippen molar-refractivity contribution in [1.82, 2.24) is 16.0 Å². The van der Waals surface area contributed by atoms with E-state index in [0.717, 1.165) is 0 Å². The van der Waals surface area contributed by atoms with Crippen LogP contribution >= 0.6 is 0 Å². The van der Waals surface area contributed by atoms with Gasteiger partial charge < -0.3 is 42.1 Å². The Kier molecular flexibility index (Phi) is 13.6. The van der Waals surface area contributed by atoms with Crippen molar-refractivity contribution in [3.63, 3.8) is 0 Å². The monoisotopic (exact) mass is 504 g/mol. The van der Waals surface area contributed by atoms with E-state index in [4.69, 9.17) is 21.1 Å². The third-order valence-corrected chi connectivity index (χ3v) is 4.84. The van der Waals surface area contributed by atoms with Crippen molar-refractivity contribution in [2.45, 2.75) is 76.5 Å². The molecule has 0 aromatic rings. The Hall–Kier alpha value is -3.75. The Bertz CT molecular complexity index is 815. The second-order valence-corrected chi connectivity index (χ2v) is 8.09. The van der Waals surface area contributed by atoms with Gasteiger partial charge in [0.2, 0.25) is 17.7 Å². The lowest BCUT2D eigenvalue weighted by Gasteiger charge is -2.25. The van der Waals surface area contributed by atoms with E-state index in [0.29, 0.717) is 0 Å². The summed E-state index contributed by atoms with van der Waals surface area (Å²) in [6, 6.07) is -5.67. The Morgan fingerprint density at radius 1 is 0.600 bits per heavy atom. The smallest absolute Gasteiger partial charge is 0.326 e. The predicted octanol–water partition coefficient (Wildman–Crippen LogP) is -1.90. The van der Waals surface area contributed by atoms with Crippen molar-refractivity contribution in [3.8, 4) is 0 Å². The fraction of sp³-hybridized carbons (Fsp3) is 0.650. The van der Waals surface area contributed by atoms with Crippen molar-refractivity contribution in [1.29, 1.82) is 0 Å². The molecule has 0 spiro atoms. The number of nitrogens with two attached hydrogens (primary N) is 1. The number of carboxylic acids is 4. The zero-order chi connectivity index (χ0) is 27.3. The molecule has 9 N–H and O–H groups in total. The maximum atomic E-state index is 12.8. The molecule has 0 aromatic heterocycles. The fourth-order valence-electron chi connectivity index (χ4n) is 2.71. The summed E-state index contributed by atoms with van der Waals surface area (Å²) < 4.78 is 0. The largest absolute Gasteiger partial charge is 0.481 e. The summed E-state index contributed by atoms with van der Waals surface area (Å²) in [5.74, 6) is -8.62. The van der Waals surface area contributed by atoms with Gasteiger partial charge in [0.1, 0.15) is 18.1 Å². The van der Waals surface area contributed by atoms with Gasteiger partial charge in [-0.05, 0) is 25.2 Å². The molecule has 198 valence electrons. The average Bonchev–Trinajstić information content (AvgIpc) is 2.74. The molecule has 0 heterocycles. The van der Waals surface area contributed by atoms with Crippen molar-refractivity contribution in [2.24, 2.45) is 11.7 Å². The van der Waals surface area contributed by atoms with Crippen LogP contribution in [-0.2, 0) is 33.6 Å². The summed E-state index contributed by atoms with van der Waals surface area (Å²) in [5.41, 5.74) is 5.74. The topological polar surface area (TPSA) is 263 Å². The highest BCUT2D eigenvalue weighted by atomic mass is 16.4. The van der Waals surface area contributed by atoms with Gasteiger partial charge in [-0.2, -0.15) is 0 Å². The standard InChI is InChI=1S/C20H32N4O11/c1-9(2)16(21)19(33)23-11(4-7-14(27)28)17(31)22-10(3-6-13(25)26)18(32)24-12(20(34)35)5-8-15(29)30/h9-12,16H,3-8,21H2,1-2H3,(H,22,31)(H,23,33)(H,24,32)(H,25,26)(H,27,28)(H,29,30)(H,34,35). The van der Waals surface area contributed by atoms with E-state index in [1.54, 1.807) is 13.8 Å². The molecule has 0 aliphatic heterocycles. The molecule has 0 radical (unpaired) electrons. The molecule has 35 heavy (non-hydrogen) atoms. The summed E-state index contributed by atoms with van der Waals surface area (Å²) in [4.78, 5) is 81.7. The van der Waals surface area contributed by atoms with Crippen LogP contribution in [0.15, 0.2) is 0 Å². The van der Waals surface area contributed by atoms with Crippen LogP contribution in [0.5, 0.6) is 0 Å². The van der Waals surface area contributed by atoms with Crippen LogP contribution in [0.2, 0.25) is 0 Å². The molecular weight excluding hydrogens is 472 g/mol. The molecule has 0 saturated heterocycles. The Balaban J connectivity index is 5.65. The van der Waals surface area contributed by atoms with Gasteiger partial charge in [0, 0.05) is 19.3 Å². The molecule has 15 heteroatoms. The van der Waals surface area contributed by atoms with Crippen molar-refractivity contribution < 1.29 is 54.0 Å². The highest BCUT2D eigenvalue weighted by molar-refractivity contribution is 5.94. The van der Waals surface area contributed by atoms with Gasteiger partial charge in [-0.1, -0.05) is 13.8 Å². The summed E-state index contributed by atoms with van der Waals surface area (Å²) in [7, 11) is 0. The normalized spacial score (nSPS) is 14.2. The van der Waals surface area contributed by atoms with E-state index in [9.17, 15) is 38.7 Å². The van der Waals surface area contributed by atoms with E-state index >= 15 is 0 Å². The Morgan fingerprint density at radius 3 is 1.23 bits per heavy atom. The molecule has 3 amide bonds. The van der Waals surface area contributed by atoms with Gasteiger partial charge in [-0.15, -0.1) is 0 Å². The molecule has 0 fully saturated rings. The van der Waals surface area contributed by atoms with Gasteiger partial charge in [0.25, 0.3) is 0 Å². The number of amides is 3. The zero-order valence-electron chi connectivity index (χ0n) is 19.4. The number of hydrogen-bond acceptors (Lipinski definition) is 8. The van der Waals surface area contributed by atoms with Crippen LogP contribution in [0.1, 0.15) is 52.4 Å². The zero-order valence-corrected chi connectivity index (χ0v) is 19.4. The molecule has 4 unspecified atom stereocenters. The SMILES string of the molecule is CC(C)C(N)C(=O)NC(CCC(=O)O)C(=O)NC(CCC(=O)O)C(=O)NC(CCC(=O)O)C(=O)O. The molecule has 0 aromatic carbocycles. The predicted molar refractivity (Wildman–Crippen MR) is 117 cm³/mol. The first-order valence-corrected chi connectivity index (χ1v) is 10.7. The number of carbonyl (C=O) groups excluding carboxylic acids is 3. The highest BCUT2D eigenvalue weighted by Gasteiger charge is 2.31. The van der Waals surface area contributed by atoms with Crippen LogP contribution in [0, 0.1) is 5.92 Å². The lowest BCUT2D eigenvalue weighted by Crippen LogP contribution is -2.57. The van der Waals surface area contributed by atoms with Crippen LogP contribution in [0.4, 0.5) is 0 Å². The summed E-state index contributed by atoms with van der Waals surface area (Å²) in [6.07, 6.45) is -3.03. The fourth-order valence-corrected chi connectivity index (χ4v) is 2.71. The molecule has 0 aliphatic rings. The number of aliphatic carboxylic acids is 4. The average molecular weight is 504 g/mol. The molecule has 0 bridgehead atoms. The molecule has 0 aliphatic carbocycles. The third-order valence-electron chi connectivity index (χ3n) is 4.84. The Morgan fingerprint density at radius 2 is 0.914 bits per heavy atom. The first-order chi connectivity index (χ1) is 16.1. The number of rotatable bonds is 17. The lowest BCUT2D eigenvalue weighted by molar-refractivity contribution is -0.144. The summed E-state index contributed by atoms with van der Waals surface area (Å²) in [5, 5.41) is 42.4. The quantitative estimate of drug-likeness (QED) is 0.108. The minimum atomic E-state index is -1.63. The van der Waals surface area contributed by atoms with Crippen molar-refractivity contribution >= 4 is 41.6 Å². The number of nitrogens with one attached hydrogen (secondary N) is 3. The molecule has 0 rings (SSSR count). The van der Waals surface area contributed by atoms with E-state index in [1.807, 2.05) is 0 Å². The molecule has 15 nitrogen and oxygen atoms in total. The summed E-state index contributed by atoms with van der Waals surface area (Å²) >= 11 is 0. The van der Waals surface area contributed by atoms with Crippen molar-refractivity contribution in [3.05, 3.63) is 0 Å². The Labute approximate surface area is 200 Å². The van der Waals surface area contributed by atoms with Crippen LogP contribution in [0.3, 0.4) is 0 Å². The lowest BCUT2D eigenvalue weighted by atomic mass is 10.0. The maximum absolute atomic E-state index is 12.8. The minimum absolute atomic E-state index is 0.314. The second-order valence-electron chi connectivity index (χ2n) is 8.09. The van der Waals surface area contributed by atoms with Gasteiger partial charge in [-0.3, -0.25) is 28.8 Å². The van der Waals surface area contributed by atoms with Gasteiger partial charge in [0.15, 0.2) is 0 Å².